The molecule has 0 fully saturated rings. The average Bonchev–Trinajstić information content (AvgIpc) is 3.20. The number of benzene rings is 2. The van der Waals surface area contributed by atoms with Gasteiger partial charge in [-0.25, -0.2) is 9.56 Å². The van der Waals surface area contributed by atoms with Crippen molar-refractivity contribution in [2.24, 2.45) is 10.9 Å². The number of methoxy groups -OCH3 is 1. The van der Waals surface area contributed by atoms with Gasteiger partial charge in [0, 0.05) is 19.0 Å². The third kappa shape index (κ3) is 5.32. The number of hydrogen-bond acceptors (Lipinski definition) is 7. The van der Waals surface area contributed by atoms with E-state index < -0.39 is 26.6 Å². The molecule has 0 saturated heterocycles. The van der Waals surface area contributed by atoms with Crippen LogP contribution in [0.3, 0.4) is 0 Å². The smallest absolute Gasteiger partial charge is 0.471 e. The molecule has 2 N–H and O–H groups in total. The number of para-hydroxylation sites is 1. The van der Waals surface area contributed by atoms with Gasteiger partial charge in [-0.1, -0.05) is 30.3 Å². The first-order valence-electron chi connectivity index (χ1n) is 10.2. The summed E-state index contributed by atoms with van der Waals surface area (Å²) < 4.78 is 26.2. The van der Waals surface area contributed by atoms with Crippen LogP contribution in [0.15, 0.2) is 65.8 Å². The highest BCUT2D eigenvalue weighted by Gasteiger charge is 2.45. The maximum atomic E-state index is 13.3. The number of carbonyl (C=O) groups is 1. The number of amides is 1. The van der Waals surface area contributed by atoms with Crippen LogP contribution < -0.4 is 9.64 Å². The van der Waals surface area contributed by atoms with Crippen molar-refractivity contribution in [3.05, 3.63) is 66.4 Å². The molecule has 0 aromatic heterocycles. The summed E-state index contributed by atoms with van der Waals surface area (Å²) in [5.74, 6) is -0.375. The summed E-state index contributed by atoms with van der Waals surface area (Å²) in [7, 11) is -3.14. The van der Waals surface area contributed by atoms with Crippen molar-refractivity contribution in [1.82, 2.24) is 4.90 Å². The largest absolute Gasteiger partial charge is 0.491 e. The molecule has 2 aromatic rings. The van der Waals surface area contributed by atoms with Crippen LogP contribution in [0.25, 0.3) is 5.57 Å². The number of ether oxygens (including phenoxy) is 2. The van der Waals surface area contributed by atoms with Crippen molar-refractivity contribution in [1.29, 1.82) is 0 Å². The van der Waals surface area contributed by atoms with E-state index in [9.17, 15) is 9.36 Å². The maximum absolute atomic E-state index is 13.3. The summed E-state index contributed by atoms with van der Waals surface area (Å²) in [5, 5.41) is 0. The molecule has 174 valence electrons. The van der Waals surface area contributed by atoms with E-state index in [0.717, 1.165) is 21.7 Å². The van der Waals surface area contributed by atoms with Gasteiger partial charge < -0.3 is 24.2 Å². The number of carbonyl (C=O) groups excluding carboxylic acids is 1. The summed E-state index contributed by atoms with van der Waals surface area (Å²) in [6.07, 6.45) is 2.62. The van der Waals surface area contributed by atoms with Crippen molar-refractivity contribution >= 4 is 31.3 Å². The molecule has 0 saturated carbocycles. The monoisotopic (exact) mass is 473 g/mol. The molecule has 0 bridgehead atoms. The lowest BCUT2D eigenvalue weighted by molar-refractivity contribution is -0.132. The summed E-state index contributed by atoms with van der Waals surface area (Å²) in [5.41, 5.74) is 2.41. The number of phosphoric acid groups is 1. The average molecular weight is 473 g/mol. The topological polar surface area (TPSA) is 121 Å². The Morgan fingerprint density at radius 2 is 1.79 bits per heavy atom. The lowest BCUT2D eigenvalue weighted by Gasteiger charge is -2.33. The highest BCUT2D eigenvalue weighted by Crippen LogP contribution is 2.42. The summed E-state index contributed by atoms with van der Waals surface area (Å²) in [4.78, 5) is 38.8. The van der Waals surface area contributed by atoms with Crippen LogP contribution in [0.2, 0.25) is 0 Å². The number of nitrogens with zero attached hydrogens (tertiary/aromatic N) is 3. The summed E-state index contributed by atoms with van der Waals surface area (Å²) in [6, 6.07) is 16.9. The minimum Gasteiger partial charge on any atom is -0.491 e. The third-order valence-electron chi connectivity index (χ3n) is 5.27. The van der Waals surface area contributed by atoms with Crippen LogP contribution in [0, 0.1) is 5.92 Å². The van der Waals surface area contributed by atoms with Gasteiger partial charge in [-0.05, 0) is 35.4 Å². The number of aliphatic imine (C=N–C) groups is 1. The van der Waals surface area contributed by atoms with Crippen molar-refractivity contribution in [3.8, 4) is 5.75 Å². The second kappa shape index (κ2) is 9.86. The second-order valence-corrected chi connectivity index (χ2v) is 8.64. The molecule has 10 nitrogen and oxygen atoms in total. The standard InChI is InChI=1S/C22H24N3O7P/c1-30-11-12-31-18-9-7-16(8-10-18)19-13-25(17-5-3-2-4-6-17)21-20(19)22(26)24(14-23-21)15-32-33(27,28)29/h2-10,13-14,20-21H,11-12,15H2,1H3,(H2,27,28,29). The fraction of sp³-hybridized carbons (Fsp3) is 0.273. The zero-order chi connectivity index (χ0) is 23.4. The zero-order valence-corrected chi connectivity index (χ0v) is 18.7. The lowest BCUT2D eigenvalue weighted by Crippen LogP contribution is -2.47. The molecule has 2 heterocycles. The van der Waals surface area contributed by atoms with Crippen LogP contribution in [0.5, 0.6) is 5.75 Å². The molecular formula is C22H24N3O7P. The zero-order valence-electron chi connectivity index (χ0n) is 17.9. The van der Waals surface area contributed by atoms with Gasteiger partial charge >= 0.3 is 7.82 Å². The summed E-state index contributed by atoms with van der Waals surface area (Å²) in [6.45, 7) is 0.301. The highest BCUT2D eigenvalue weighted by atomic mass is 31.2. The van der Waals surface area contributed by atoms with Crippen molar-refractivity contribution in [3.63, 3.8) is 0 Å². The molecule has 2 atom stereocenters. The molecule has 33 heavy (non-hydrogen) atoms. The van der Waals surface area contributed by atoms with E-state index in [0.29, 0.717) is 19.0 Å². The molecule has 1 amide bonds. The summed E-state index contributed by atoms with van der Waals surface area (Å²) >= 11 is 0. The van der Waals surface area contributed by atoms with Gasteiger partial charge in [0.1, 0.15) is 31.2 Å². The fourth-order valence-electron chi connectivity index (χ4n) is 3.73. The Labute approximate surface area is 190 Å². The normalized spacial score (nSPS) is 20.1. The van der Waals surface area contributed by atoms with Gasteiger partial charge in [-0.3, -0.25) is 14.2 Å². The number of anilines is 1. The molecule has 0 aliphatic carbocycles. The van der Waals surface area contributed by atoms with Crippen LogP contribution in [0.1, 0.15) is 5.56 Å². The highest BCUT2D eigenvalue weighted by molar-refractivity contribution is 7.46. The van der Waals surface area contributed by atoms with Gasteiger partial charge in [-0.15, -0.1) is 0 Å². The van der Waals surface area contributed by atoms with E-state index in [1.54, 1.807) is 7.11 Å². The van der Waals surface area contributed by atoms with Gasteiger partial charge in [0.2, 0.25) is 5.91 Å². The molecule has 0 radical (unpaired) electrons. The SMILES string of the molecule is COCCOc1ccc(C2=CN(c3ccccc3)C3N=CN(COP(=O)(O)O)C(=O)C23)cc1. The molecule has 0 spiro atoms. The van der Waals surface area contributed by atoms with Crippen LogP contribution in [0.4, 0.5) is 5.69 Å². The van der Waals surface area contributed by atoms with Crippen LogP contribution in [-0.4, -0.2) is 60.2 Å². The van der Waals surface area contributed by atoms with Crippen LogP contribution in [-0.2, 0) is 18.6 Å². The minimum absolute atomic E-state index is 0.367. The fourth-order valence-corrected chi connectivity index (χ4v) is 4.01. The molecule has 2 aromatic carbocycles. The molecular weight excluding hydrogens is 449 g/mol. The van der Waals surface area contributed by atoms with E-state index in [-0.39, 0.29) is 5.91 Å². The Balaban J connectivity index is 1.64. The minimum atomic E-state index is -4.74. The van der Waals surface area contributed by atoms with E-state index in [2.05, 4.69) is 9.52 Å². The van der Waals surface area contributed by atoms with Crippen molar-refractivity contribution < 1.29 is 33.1 Å². The van der Waals surface area contributed by atoms with Crippen molar-refractivity contribution in [2.45, 2.75) is 6.17 Å². The number of phosphoric ester groups is 1. The van der Waals surface area contributed by atoms with E-state index >= 15 is 0 Å². The van der Waals surface area contributed by atoms with Gasteiger partial charge in [0.15, 0.2) is 0 Å². The molecule has 2 aliphatic heterocycles. The Hall–Kier alpha value is -3.01. The van der Waals surface area contributed by atoms with Gasteiger partial charge in [0.05, 0.1) is 12.9 Å². The quantitative estimate of drug-likeness (QED) is 0.421. The third-order valence-corrected chi connectivity index (χ3v) is 5.72. The first kappa shape index (κ1) is 23.2. The van der Waals surface area contributed by atoms with Crippen molar-refractivity contribution in [2.75, 3.05) is 32.0 Å². The molecule has 4 rings (SSSR count). The van der Waals surface area contributed by atoms with E-state index in [4.69, 9.17) is 19.3 Å². The second-order valence-electron chi connectivity index (χ2n) is 7.41. The number of fused-ring (bicyclic) bond motifs is 1. The lowest BCUT2D eigenvalue weighted by atomic mass is 9.91. The Bertz CT molecular complexity index is 1080. The van der Waals surface area contributed by atoms with Crippen LogP contribution >= 0.6 is 7.82 Å². The number of hydrogen-bond donors (Lipinski definition) is 2. The first-order chi connectivity index (χ1) is 15.9. The molecule has 11 heteroatoms. The number of rotatable bonds is 9. The van der Waals surface area contributed by atoms with E-state index in [1.165, 1.54) is 6.34 Å². The molecule has 2 unspecified atom stereocenters. The Kier molecular flexibility index (Phi) is 6.92. The predicted octanol–water partition coefficient (Wildman–Crippen LogP) is 2.45. The predicted molar refractivity (Wildman–Crippen MR) is 121 cm³/mol. The Morgan fingerprint density at radius 1 is 1.06 bits per heavy atom. The van der Waals surface area contributed by atoms with Gasteiger partial charge in [0.25, 0.3) is 0 Å². The van der Waals surface area contributed by atoms with Gasteiger partial charge in [-0.2, -0.15) is 0 Å². The Morgan fingerprint density at radius 3 is 2.45 bits per heavy atom. The molecule has 2 aliphatic rings. The first-order valence-corrected chi connectivity index (χ1v) is 11.7. The van der Waals surface area contributed by atoms with E-state index in [1.807, 2.05) is 65.7 Å². The maximum Gasteiger partial charge on any atom is 0.471 e.